The van der Waals surface area contributed by atoms with Crippen LogP contribution in [0.15, 0.2) is 0 Å². The van der Waals surface area contributed by atoms with Gasteiger partial charge in [-0.3, -0.25) is 0 Å². The van der Waals surface area contributed by atoms with E-state index in [0.717, 1.165) is 25.2 Å². The summed E-state index contributed by atoms with van der Waals surface area (Å²) in [5.74, 6) is 0.870. The fourth-order valence-electron chi connectivity index (χ4n) is 2.29. The van der Waals surface area contributed by atoms with E-state index in [1.165, 1.54) is 51.4 Å². The van der Waals surface area contributed by atoms with Crippen molar-refractivity contribution in [1.29, 1.82) is 0 Å². The Morgan fingerprint density at radius 1 is 0.706 bits per heavy atom. The standard InChI is InChI=1S/C16H34O/c1-4-12-16(17)14-11-9-7-5-6-8-10-13-15(2)3/h15-17H,4-14H2,1-3H3. The van der Waals surface area contributed by atoms with Crippen molar-refractivity contribution in [2.24, 2.45) is 5.92 Å². The fourth-order valence-corrected chi connectivity index (χ4v) is 2.29. The molecular weight excluding hydrogens is 208 g/mol. The van der Waals surface area contributed by atoms with Crippen LogP contribution in [0.5, 0.6) is 0 Å². The lowest BCUT2D eigenvalue weighted by Gasteiger charge is -2.08. The summed E-state index contributed by atoms with van der Waals surface area (Å²) in [5.41, 5.74) is 0. The van der Waals surface area contributed by atoms with Crippen molar-refractivity contribution in [3.8, 4) is 0 Å². The summed E-state index contributed by atoms with van der Waals surface area (Å²) in [7, 11) is 0. The summed E-state index contributed by atoms with van der Waals surface area (Å²) < 4.78 is 0. The summed E-state index contributed by atoms with van der Waals surface area (Å²) in [6, 6.07) is 0. The highest BCUT2D eigenvalue weighted by atomic mass is 16.3. The first-order valence-electron chi connectivity index (χ1n) is 7.84. The first-order chi connectivity index (χ1) is 8.16. The van der Waals surface area contributed by atoms with Crippen LogP contribution in [0.25, 0.3) is 0 Å². The Balaban J connectivity index is 3.03. The minimum atomic E-state index is -0.0361. The van der Waals surface area contributed by atoms with Crippen LogP contribution in [-0.4, -0.2) is 11.2 Å². The first-order valence-corrected chi connectivity index (χ1v) is 7.84. The zero-order valence-electron chi connectivity index (χ0n) is 12.4. The zero-order chi connectivity index (χ0) is 12.9. The molecule has 1 atom stereocenters. The van der Waals surface area contributed by atoms with Gasteiger partial charge in [-0.05, 0) is 18.8 Å². The Morgan fingerprint density at radius 2 is 1.18 bits per heavy atom. The monoisotopic (exact) mass is 242 g/mol. The van der Waals surface area contributed by atoms with Gasteiger partial charge in [0.2, 0.25) is 0 Å². The molecular formula is C16H34O. The van der Waals surface area contributed by atoms with Crippen LogP contribution in [0.2, 0.25) is 0 Å². The largest absolute Gasteiger partial charge is 0.393 e. The van der Waals surface area contributed by atoms with Crippen LogP contribution in [0, 0.1) is 5.92 Å². The molecule has 0 aliphatic carbocycles. The van der Waals surface area contributed by atoms with Gasteiger partial charge in [0.1, 0.15) is 0 Å². The van der Waals surface area contributed by atoms with Gasteiger partial charge in [0, 0.05) is 0 Å². The van der Waals surface area contributed by atoms with Crippen molar-refractivity contribution in [1.82, 2.24) is 0 Å². The molecule has 0 bridgehead atoms. The van der Waals surface area contributed by atoms with Crippen molar-refractivity contribution in [2.75, 3.05) is 0 Å². The number of hydrogen-bond acceptors (Lipinski definition) is 1. The van der Waals surface area contributed by atoms with E-state index >= 15 is 0 Å². The van der Waals surface area contributed by atoms with Gasteiger partial charge >= 0.3 is 0 Å². The lowest BCUT2D eigenvalue weighted by Crippen LogP contribution is -2.04. The van der Waals surface area contributed by atoms with Gasteiger partial charge in [-0.1, -0.05) is 78.6 Å². The minimum absolute atomic E-state index is 0.0361. The minimum Gasteiger partial charge on any atom is -0.393 e. The smallest absolute Gasteiger partial charge is 0.0540 e. The van der Waals surface area contributed by atoms with Crippen LogP contribution in [0.3, 0.4) is 0 Å². The molecule has 17 heavy (non-hydrogen) atoms. The summed E-state index contributed by atoms with van der Waals surface area (Å²) >= 11 is 0. The molecule has 0 aromatic heterocycles. The molecule has 0 aromatic rings. The highest BCUT2D eigenvalue weighted by Gasteiger charge is 2.01. The molecule has 0 heterocycles. The number of aliphatic hydroxyl groups is 1. The third-order valence-corrected chi connectivity index (χ3v) is 3.44. The van der Waals surface area contributed by atoms with Gasteiger partial charge in [-0.25, -0.2) is 0 Å². The fraction of sp³-hybridized carbons (Fsp3) is 1.00. The maximum atomic E-state index is 9.57. The van der Waals surface area contributed by atoms with Crippen LogP contribution >= 0.6 is 0 Å². The van der Waals surface area contributed by atoms with Crippen molar-refractivity contribution in [3.63, 3.8) is 0 Å². The second kappa shape index (κ2) is 12.4. The lowest BCUT2D eigenvalue weighted by atomic mass is 10.0. The average molecular weight is 242 g/mol. The zero-order valence-corrected chi connectivity index (χ0v) is 12.4. The number of aliphatic hydroxyl groups excluding tert-OH is 1. The molecule has 0 aliphatic rings. The van der Waals surface area contributed by atoms with Gasteiger partial charge in [0.25, 0.3) is 0 Å². The van der Waals surface area contributed by atoms with Gasteiger partial charge < -0.3 is 5.11 Å². The molecule has 1 nitrogen and oxygen atoms in total. The maximum Gasteiger partial charge on any atom is 0.0540 e. The molecule has 0 saturated carbocycles. The molecule has 1 N–H and O–H groups in total. The van der Waals surface area contributed by atoms with E-state index in [4.69, 9.17) is 0 Å². The van der Waals surface area contributed by atoms with Crippen LogP contribution in [0.4, 0.5) is 0 Å². The van der Waals surface area contributed by atoms with Crippen molar-refractivity contribution in [2.45, 2.75) is 97.5 Å². The SMILES string of the molecule is CCCC(O)CCCCCCCCCC(C)C. The Bertz CT molecular complexity index is 142. The van der Waals surface area contributed by atoms with Crippen LogP contribution in [-0.2, 0) is 0 Å². The summed E-state index contributed by atoms with van der Waals surface area (Å²) in [6.45, 7) is 6.75. The van der Waals surface area contributed by atoms with Gasteiger partial charge in [-0.15, -0.1) is 0 Å². The Morgan fingerprint density at radius 3 is 1.65 bits per heavy atom. The lowest BCUT2D eigenvalue weighted by molar-refractivity contribution is 0.150. The Labute approximate surface area is 109 Å². The van der Waals surface area contributed by atoms with E-state index in [9.17, 15) is 5.11 Å². The highest BCUT2D eigenvalue weighted by Crippen LogP contribution is 2.13. The number of unbranched alkanes of at least 4 members (excludes halogenated alkanes) is 6. The molecule has 0 radical (unpaired) electrons. The van der Waals surface area contributed by atoms with Crippen LogP contribution in [0.1, 0.15) is 91.4 Å². The van der Waals surface area contributed by atoms with E-state index in [1.807, 2.05) is 0 Å². The second-order valence-electron chi connectivity index (χ2n) is 5.89. The van der Waals surface area contributed by atoms with Crippen LogP contribution < -0.4 is 0 Å². The van der Waals surface area contributed by atoms with Crippen molar-refractivity contribution in [3.05, 3.63) is 0 Å². The molecule has 0 saturated heterocycles. The molecule has 104 valence electrons. The molecule has 0 rings (SSSR count). The second-order valence-corrected chi connectivity index (χ2v) is 5.89. The Kier molecular flexibility index (Phi) is 12.4. The first kappa shape index (κ1) is 17.0. The van der Waals surface area contributed by atoms with E-state index in [1.54, 1.807) is 0 Å². The van der Waals surface area contributed by atoms with E-state index in [-0.39, 0.29) is 6.10 Å². The summed E-state index contributed by atoms with van der Waals surface area (Å²) in [4.78, 5) is 0. The summed E-state index contributed by atoms with van der Waals surface area (Å²) in [6.07, 6.45) is 14.0. The van der Waals surface area contributed by atoms with E-state index < -0.39 is 0 Å². The predicted molar refractivity (Wildman–Crippen MR) is 77.3 cm³/mol. The van der Waals surface area contributed by atoms with Crippen molar-refractivity contribution < 1.29 is 5.11 Å². The third kappa shape index (κ3) is 13.9. The Hall–Kier alpha value is -0.0400. The predicted octanol–water partition coefficient (Wildman–Crippen LogP) is 5.31. The molecule has 0 fully saturated rings. The molecule has 0 spiro atoms. The number of hydrogen-bond donors (Lipinski definition) is 1. The van der Waals surface area contributed by atoms with E-state index in [0.29, 0.717) is 0 Å². The van der Waals surface area contributed by atoms with Gasteiger partial charge in [-0.2, -0.15) is 0 Å². The topological polar surface area (TPSA) is 20.2 Å². The molecule has 0 aromatic carbocycles. The highest BCUT2D eigenvalue weighted by molar-refractivity contribution is 4.55. The normalized spacial score (nSPS) is 13.2. The maximum absolute atomic E-state index is 9.57. The number of rotatable bonds is 12. The summed E-state index contributed by atoms with van der Waals surface area (Å²) in [5, 5.41) is 9.57. The molecule has 0 aliphatic heterocycles. The third-order valence-electron chi connectivity index (χ3n) is 3.44. The van der Waals surface area contributed by atoms with E-state index in [2.05, 4.69) is 20.8 Å². The van der Waals surface area contributed by atoms with Gasteiger partial charge in [0.05, 0.1) is 6.10 Å². The quantitative estimate of drug-likeness (QED) is 0.460. The van der Waals surface area contributed by atoms with Crippen molar-refractivity contribution >= 4 is 0 Å². The average Bonchev–Trinajstić information content (AvgIpc) is 2.27. The van der Waals surface area contributed by atoms with Gasteiger partial charge in [0.15, 0.2) is 0 Å². The molecule has 1 heteroatoms. The molecule has 0 amide bonds. The molecule has 1 unspecified atom stereocenters.